The minimum atomic E-state index is -5.59. The summed E-state index contributed by atoms with van der Waals surface area (Å²) >= 11 is 0. The molecule has 5 unspecified atom stereocenters. The van der Waals surface area contributed by atoms with Crippen molar-refractivity contribution in [1.82, 2.24) is 0 Å². The van der Waals surface area contributed by atoms with Gasteiger partial charge in [-0.05, 0) is 30.6 Å². The van der Waals surface area contributed by atoms with Crippen LogP contribution in [0, 0.1) is 17.8 Å². The van der Waals surface area contributed by atoms with Gasteiger partial charge in [0.15, 0.2) is 6.79 Å². The molecule has 2 fully saturated rings. The van der Waals surface area contributed by atoms with Crippen LogP contribution in [-0.4, -0.2) is 35.9 Å². The first-order valence-corrected chi connectivity index (χ1v) is 6.27. The fourth-order valence-electron chi connectivity index (χ4n) is 3.42. The molecule has 1 aliphatic heterocycles. The molecule has 8 heteroatoms. The first-order valence-electron chi connectivity index (χ1n) is 6.27. The average molecular weight is 300 g/mol. The van der Waals surface area contributed by atoms with E-state index in [9.17, 15) is 27.1 Å². The third-order valence-electron chi connectivity index (χ3n) is 4.43. The second-order valence-electron chi connectivity index (χ2n) is 5.56. The molecule has 0 radical (unpaired) electrons. The first kappa shape index (κ1) is 14.2. The van der Waals surface area contributed by atoms with Gasteiger partial charge in [0.05, 0.1) is 0 Å². The van der Waals surface area contributed by atoms with E-state index in [1.807, 2.05) is 6.08 Å². The molecule has 3 nitrogen and oxygen atoms in total. The van der Waals surface area contributed by atoms with Crippen molar-refractivity contribution in [2.24, 2.45) is 17.8 Å². The van der Waals surface area contributed by atoms with Gasteiger partial charge in [0, 0.05) is 0 Å². The number of hydrogen-bond acceptors (Lipinski definition) is 3. The zero-order valence-corrected chi connectivity index (χ0v) is 10.2. The van der Waals surface area contributed by atoms with Gasteiger partial charge in [-0.2, -0.15) is 22.0 Å². The van der Waals surface area contributed by atoms with Crippen molar-refractivity contribution >= 4 is 0 Å². The average Bonchev–Trinajstić information content (AvgIpc) is 2.93. The van der Waals surface area contributed by atoms with Gasteiger partial charge < -0.3 is 14.6 Å². The third kappa shape index (κ3) is 1.74. The van der Waals surface area contributed by atoms with Crippen LogP contribution in [0.4, 0.5) is 22.0 Å². The Morgan fingerprint density at radius 1 is 1.15 bits per heavy atom. The third-order valence-corrected chi connectivity index (χ3v) is 4.43. The Hall–Kier alpha value is -0.730. The fraction of sp³-hybridized carbons (Fsp3) is 0.833. The second kappa shape index (κ2) is 4.14. The highest BCUT2D eigenvalue weighted by Crippen LogP contribution is 2.54. The van der Waals surface area contributed by atoms with Gasteiger partial charge in [-0.15, -0.1) is 0 Å². The van der Waals surface area contributed by atoms with Crippen LogP contribution in [0.15, 0.2) is 12.2 Å². The maximum atomic E-state index is 14.1. The zero-order valence-electron chi connectivity index (χ0n) is 10.2. The lowest BCUT2D eigenvalue weighted by atomic mass is 9.82. The van der Waals surface area contributed by atoms with Crippen LogP contribution >= 0.6 is 0 Å². The lowest BCUT2D eigenvalue weighted by molar-refractivity contribution is -0.487. The minimum Gasteiger partial charge on any atom is -0.354 e. The Bertz CT molecular complexity index is 435. The molecule has 0 aromatic carbocycles. The number of rotatable bonds is 1. The van der Waals surface area contributed by atoms with Gasteiger partial charge in [-0.3, -0.25) is 0 Å². The smallest absolute Gasteiger partial charge is 0.354 e. The van der Waals surface area contributed by atoms with Gasteiger partial charge in [-0.1, -0.05) is 12.2 Å². The van der Waals surface area contributed by atoms with E-state index in [2.05, 4.69) is 4.74 Å². The SMILES string of the molecule is OC1(C(F)(F)F)OCOC(C2CC3C=CC2C3)C1(F)F. The predicted molar refractivity (Wildman–Crippen MR) is 55.6 cm³/mol. The summed E-state index contributed by atoms with van der Waals surface area (Å²) in [5.74, 6) is -9.91. The lowest BCUT2D eigenvalue weighted by Gasteiger charge is -2.46. The van der Waals surface area contributed by atoms with Crippen LogP contribution in [-0.2, 0) is 9.47 Å². The van der Waals surface area contributed by atoms with Crippen LogP contribution in [0.1, 0.15) is 12.8 Å². The molecule has 5 atom stereocenters. The Balaban J connectivity index is 1.91. The number of alkyl halides is 5. The largest absolute Gasteiger partial charge is 0.449 e. The summed E-state index contributed by atoms with van der Waals surface area (Å²) in [4.78, 5) is 0. The molecule has 1 heterocycles. The number of aliphatic hydroxyl groups is 1. The van der Waals surface area contributed by atoms with Crippen molar-refractivity contribution in [1.29, 1.82) is 0 Å². The first-order chi connectivity index (χ1) is 9.17. The molecule has 0 amide bonds. The Labute approximate surface area is 111 Å². The molecular weight excluding hydrogens is 287 g/mol. The summed E-state index contributed by atoms with van der Waals surface area (Å²) in [6, 6.07) is 0. The van der Waals surface area contributed by atoms with Gasteiger partial charge in [0.25, 0.3) is 0 Å². The molecule has 114 valence electrons. The van der Waals surface area contributed by atoms with E-state index in [0.717, 1.165) is 0 Å². The van der Waals surface area contributed by atoms with Crippen LogP contribution in [0.2, 0.25) is 0 Å². The molecule has 0 spiro atoms. The molecule has 20 heavy (non-hydrogen) atoms. The minimum absolute atomic E-state index is 0.103. The molecule has 1 N–H and O–H groups in total. The summed E-state index contributed by atoms with van der Waals surface area (Å²) in [6.07, 6.45) is -2.98. The van der Waals surface area contributed by atoms with Crippen LogP contribution in [0.3, 0.4) is 0 Å². The van der Waals surface area contributed by atoms with Crippen LogP contribution < -0.4 is 0 Å². The van der Waals surface area contributed by atoms with Gasteiger partial charge >= 0.3 is 17.9 Å². The molecule has 3 rings (SSSR count). The second-order valence-corrected chi connectivity index (χ2v) is 5.56. The normalized spacial score (nSPS) is 46.9. The van der Waals surface area contributed by atoms with Gasteiger partial charge in [0.2, 0.25) is 0 Å². The molecule has 1 saturated heterocycles. The molecule has 0 aromatic rings. The molecule has 2 aliphatic carbocycles. The van der Waals surface area contributed by atoms with E-state index in [-0.39, 0.29) is 11.8 Å². The Kier molecular flexibility index (Phi) is 2.94. The van der Waals surface area contributed by atoms with E-state index in [1.165, 1.54) is 0 Å². The topological polar surface area (TPSA) is 38.7 Å². The monoisotopic (exact) mass is 300 g/mol. The Morgan fingerprint density at radius 3 is 2.35 bits per heavy atom. The molecule has 3 aliphatic rings. The highest BCUT2D eigenvalue weighted by molar-refractivity contribution is 5.14. The number of hydrogen-bond donors (Lipinski definition) is 1. The van der Waals surface area contributed by atoms with Crippen LogP contribution in [0.5, 0.6) is 0 Å². The maximum Gasteiger partial charge on any atom is 0.449 e. The lowest BCUT2D eigenvalue weighted by Crippen LogP contribution is -2.70. The summed E-state index contributed by atoms with van der Waals surface area (Å²) in [5, 5.41) is 9.34. The van der Waals surface area contributed by atoms with E-state index >= 15 is 0 Å². The van der Waals surface area contributed by atoms with Crippen molar-refractivity contribution in [3.63, 3.8) is 0 Å². The van der Waals surface area contributed by atoms with E-state index in [0.29, 0.717) is 12.8 Å². The molecule has 2 bridgehead atoms. The Morgan fingerprint density at radius 2 is 1.85 bits per heavy atom. The highest BCUT2D eigenvalue weighted by Gasteiger charge is 2.77. The molecule has 0 aromatic heterocycles. The summed E-state index contributed by atoms with van der Waals surface area (Å²) in [7, 11) is 0. The highest BCUT2D eigenvalue weighted by atomic mass is 19.4. The van der Waals surface area contributed by atoms with Crippen molar-refractivity contribution in [2.45, 2.75) is 36.8 Å². The van der Waals surface area contributed by atoms with E-state index in [1.54, 1.807) is 6.08 Å². The van der Waals surface area contributed by atoms with Crippen LogP contribution in [0.25, 0.3) is 0 Å². The van der Waals surface area contributed by atoms with Crippen molar-refractivity contribution in [3.05, 3.63) is 12.2 Å². The van der Waals surface area contributed by atoms with Crippen molar-refractivity contribution in [2.75, 3.05) is 6.79 Å². The molecular formula is C12H13F5O3. The van der Waals surface area contributed by atoms with E-state index in [4.69, 9.17) is 4.74 Å². The predicted octanol–water partition coefficient (Wildman–Crippen LogP) is 2.46. The number of fused-ring (bicyclic) bond motifs is 2. The summed E-state index contributed by atoms with van der Waals surface area (Å²) in [5.41, 5.74) is 0. The summed E-state index contributed by atoms with van der Waals surface area (Å²) < 4.78 is 75.1. The van der Waals surface area contributed by atoms with Gasteiger partial charge in [0.1, 0.15) is 6.10 Å². The number of halogens is 5. The number of ether oxygens (including phenoxy) is 2. The van der Waals surface area contributed by atoms with E-state index < -0.39 is 36.7 Å². The van der Waals surface area contributed by atoms with Crippen molar-refractivity contribution in [3.8, 4) is 0 Å². The quantitative estimate of drug-likeness (QED) is 0.597. The fourth-order valence-corrected chi connectivity index (χ4v) is 3.42. The maximum absolute atomic E-state index is 14.1. The van der Waals surface area contributed by atoms with Crippen molar-refractivity contribution < 1.29 is 36.5 Å². The number of allylic oxidation sites excluding steroid dienone is 2. The summed E-state index contributed by atoms with van der Waals surface area (Å²) in [6.45, 7) is -1.01. The van der Waals surface area contributed by atoms with Gasteiger partial charge in [-0.25, -0.2) is 0 Å². The molecule has 1 saturated carbocycles. The standard InChI is InChI=1S/C12H13F5O3/c13-10(14)9(8-4-6-1-2-7(8)3-6)19-5-20-11(10,18)12(15,16)17/h1-2,6-9,18H,3-5H2. The zero-order chi connectivity index (χ0) is 14.8.